The van der Waals surface area contributed by atoms with Crippen LogP contribution in [0.3, 0.4) is 0 Å². The van der Waals surface area contributed by atoms with Gasteiger partial charge in [0, 0.05) is 11.3 Å². The van der Waals surface area contributed by atoms with Gasteiger partial charge in [-0.25, -0.2) is 0 Å². The van der Waals surface area contributed by atoms with Gasteiger partial charge in [-0.3, -0.25) is 4.79 Å². The van der Waals surface area contributed by atoms with Crippen LogP contribution >= 0.6 is 11.8 Å². The zero-order valence-corrected chi connectivity index (χ0v) is 12.3. The molecule has 0 amide bonds. The molecule has 0 bridgehead atoms. The van der Waals surface area contributed by atoms with Crippen LogP contribution in [0, 0.1) is 13.8 Å². The van der Waals surface area contributed by atoms with Crippen LogP contribution in [0.15, 0.2) is 35.4 Å². The number of hydrogen-bond donors (Lipinski definition) is 1. The molecule has 104 valence electrons. The molecule has 0 radical (unpaired) electrons. The summed E-state index contributed by atoms with van der Waals surface area (Å²) >= 11 is 1.40. The van der Waals surface area contributed by atoms with Crippen molar-refractivity contribution in [1.29, 1.82) is 0 Å². The lowest BCUT2D eigenvalue weighted by Gasteiger charge is -2.06. The normalized spacial score (nSPS) is 10.5. The summed E-state index contributed by atoms with van der Waals surface area (Å²) < 4.78 is 0. The minimum absolute atomic E-state index is 0.130. The van der Waals surface area contributed by atoms with Gasteiger partial charge in [-0.2, -0.15) is 0 Å². The Labute approximate surface area is 122 Å². The van der Waals surface area contributed by atoms with E-state index in [1.54, 1.807) is 0 Å². The molecule has 2 aromatic rings. The summed E-state index contributed by atoms with van der Waals surface area (Å²) in [6.07, 6.45) is 0.130. The molecule has 4 nitrogen and oxygen atoms in total. The van der Waals surface area contributed by atoms with Crippen molar-refractivity contribution < 1.29 is 9.90 Å². The fourth-order valence-corrected chi connectivity index (χ4v) is 2.63. The lowest BCUT2D eigenvalue weighted by atomic mass is 10.0. The minimum Gasteiger partial charge on any atom is -0.481 e. The third kappa shape index (κ3) is 3.81. The van der Waals surface area contributed by atoms with Gasteiger partial charge in [-0.1, -0.05) is 23.8 Å². The maximum Gasteiger partial charge on any atom is 0.304 e. The van der Waals surface area contributed by atoms with Crippen molar-refractivity contribution in [3.8, 4) is 11.3 Å². The molecule has 1 N–H and O–H groups in total. The number of carboxylic acids is 1. The van der Waals surface area contributed by atoms with Gasteiger partial charge in [0.1, 0.15) is 5.03 Å². The topological polar surface area (TPSA) is 63.1 Å². The van der Waals surface area contributed by atoms with E-state index >= 15 is 0 Å². The van der Waals surface area contributed by atoms with E-state index in [1.165, 1.54) is 22.9 Å². The molecule has 1 heterocycles. The molecular formula is C15H16N2O2S. The summed E-state index contributed by atoms with van der Waals surface area (Å²) in [5.74, 6) is -0.287. The molecular weight excluding hydrogens is 272 g/mol. The highest BCUT2D eigenvalue weighted by molar-refractivity contribution is 7.99. The summed E-state index contributed by atoms with van der Waals surface area (Å²) in [6.45, 7) is 4.12. The van der Waals surface area contributed by atoms with E-state index in [2.05, 4.69) is 36.2 Å². The number of aryl methyl sites for hydroxylation is 2. The molecule has 20 heavy (non-hydrogen) atoms. The van der Waals surface area contributed by atoms with E-state index in [9.17, 15) is 4.79 Å². The standard InChI is InChI=1S/C15H16N2O2S/c1-10-3-4-12(11(2)9-10)13-5-6-14(17-16-13)20-8-7-15(18)19/h3-6,9H,7-8H2,1-2H3,(H,18,19). The fraction of sp³-hybridized carbons (Fsp3) is 0.267. The molecule has 0 aliphatic heterocycles. The summed E-state index contributed by atoms with van der Waals surface area (Å²) in [4.78, 5) is 10.4. The number of carboxylic acid groups (broad SMARTS) is 1. The Balaban J connectivity index is 2.09. The second-order valence-corrected chi connectivity index (χ2v) is 5.68. The average Bonchev–Trinajstić information content (AvgIpc) is 2.39. The van der Waals surface area contributed by atoms with E-state index in [0.29, 0.717) is 5.75 Å². The van der Waals surface area contributed by atoms with Crippen LogP contribution in [0.4, 0.5) is 0 Å². The van der Waals surface area contributed by atoms with Gasteiger partial charge in [0.25, 0.3) is 0 Å². The van der Waals surface area contributed by atoms with Gasteiger partial charge < -0.3 is 5.11 Å². The van der Waals surface area contributed by atoms with Gasteiger partial charge >= 0.3 is 5.97 Å². The molecule has 0 saturated heterocycles. The van der Waals surface area contributed by atoms with Gasteiger partial charge in [0.05, 0.1) is 12.1 Å². The van der Waals surface area contributed by atoms with E-state index in [1.807, 2.05) is 18.2 Å². The Morgan fingerprint density at radius 2 is 2.00 bits per heavy atom. The summed E-state index contributed by atoms with van der Waals surface area (Å²) in [6, 6.07) is 10.0. The number of nitrogens with zero attached hydrogens (tertiary/aromatic N) is 2. The molecule has 0 saturated carbocycles. The predicted octanol–water partition coefficient (Wildman–Crippen LogP) is 3.33. The third-order valence-corrected chi connectivity index (χ3v) is 3.79. The number of thioether (sulfide) groups is 1. The van der Waals surface area contributed by atoms with Crippen molar-refractivity contribution in [2.24, 2.45) is 0 Å². The zero-order chi connectivity index (χ0) is 14.5. The van der Waals surface area contributed by atoms with E-state index in [4.69, 9.17) is 5.11 Å². The van der Waals surface area contributed by atoms with Crippen molar-refractivity contribution in [2.75, 3.05) is 5.75 Å². The number of benzene rings is 1. The van der Waals surface area contributed by atoms with Crippen molar-refractivity contribution >= 4 is 17.7 Å². The second-order valence-electron chi connectivity index (χ2n) is 4.57. The van der Waals surface area contributed by atoms with Crippen LogP contribution < -0.4 is 0 Å². The first-order valence-electron chi connectivity index (χ1n) is 6.32. The molecule has 0 atom stereocenters. The first-order valence-corrected chi connectivity index (χ1v) is 7.31. The first-order chi connectivity index (χ1) is 9.56. The Hall–Kier alpha value is -1.88. The van der Waals surface area contributed by atoms with Crippen LogP contribution in [0.25, 0.3) is 11.3 Å². The lowest BCUT2D eigenvalue weighted by Crippen LogP contribution is -1.97. The van der Waals surface area contributed by atoms with Crippen molar-refractivity contribution in [3.63, 3.8) is 0 Å². The Kier molecular flexibility index (Phi) is 4.74. The molecule has 0 fully saturated rings. The Morgan fingerprint density at radius 1 is 1.20 bits per heavy atom. The quantitative estimate of drug-likeness (QED) is 0.855. The molecule has 2 rings (SSSR count). The van der Waals surface area contributed by atoms with Crippen LogP contribution in [-0.2, 0) is 4.79 Å². The van der Waals surface area contributed by atoms with Gasteiger partial charge in [-0.15, -0.1) is 22.0 Å². The molecule has 0 spiro atoms. The molecule has 0 unspecified atom stereocenters. The van der Waals surface area contributed by atoms with Gasteiger partial charge in [0.15, 0.2) is 0 Å². The van der Waals surface area contributed by atoms with E-state index in [0.717, 1.165) is 16.3 Å². The van der Waals surface area contributed by atoms with Crippen LogP contribution in [-0.4, -0.2) is 27.0 Å². The number of carbonyl (C=O) groups is 1. The highest BCUT2D eigenvalue weighted by atomic mass is 32.2. The summed E-state index contributed by atoms with van der Waals surface area (Å²) in [7, 11) is 0. The highest BCUT2D eigenvalue weighted by Crippen LogP contribution is 2.23. The van der Waals surface area contributed by atoms with Gasteiger partial charge in [0.2, 0.25) is 0 Å². The van der Waals surface area contributed by atoms with Crippen molar-refractivity contribution in [1.82, 2.24) is 10.2 Å². The zero-order valence-electron chi connectivity index (χ0n) is 11.5. The molecule has 0 aliphatic carbocycles. The number of hydrogen-bond acceptors (Lipinski definition) is 4. The largest absolute Gasteiger partial charge is 0.481 e. The SMILES string of the molecule is Cc1ccc(-c2ccc(SCCC(=O)O)nn2)c(C)c1. The van der Waals surface area contributed by atoms with Crippen molar-refractivity contribution in [2.45, 2.75) is 25.3 Å². The second kappa shape index (κ2) is 6.52. The highest BCUT2D eigenvalue weighted by Gasteiger charge is 2.05. The number of rotatable bonds is 5. The maximum atomic E-state index is 10.4. The Morgan fingerprint density at radius 3 is 2.60 bits per heavy atom. The molecule has 0 aliphatic rings. The van der Waals surface area contributed by atoms with Crippen LogP contribution in [0.5, 0.6) is 0 Å². The molecule has 1 aromatic carbocycles. The average molecular weight is 288 g/mol. The smallest absolute Gasteiger partial charge is 0.304 e. The number of aromatic nitrogens is 2. The summed E-state index contributed by atoms with van der Waals surface area (Å²) in [5, 5.41) is 17.7. The van der Waals surface area contributed by atoms with Gasteiger partial charge in [-0.05, 0) is 31.5 Å². The van der Waals surface area contributed by atoms with E-state index in [-0.39, 0.29) is 6.42 Å². The third-order valence-electron chi connectivity index (χ3n) is 2.86. The maximum absolute atomic E-state index is 10.4. The predicted molar refractivity (Wildman–Crippen MR) is 79.9 cm³/mol. The van der Waals surface area contributed by atoms with Crippen LogP contribution in [0.1, 0.15) is 17.5 Å². The van der Waals surface area contributed by atoms with Crippen LogP contribution in [0.2, 0.25) is 0 Å². The fourth-order valence-electron chi connectivity index (χ4n) is 1.88. The first kappa shape index (κ1) is 14.5. The molecule has 1 aromatic heterocycles. The monoisotopic (exact) mass is 288 g/mol. The lowest BCUT2D eigenvalue weighted by molar-refractivity contribution is -0.136. The molecule has 5 heteroatoms. The summed E-state index contributed by atoms with van der Waals surface area (Å²) in [5.41, 5.74) is 4.31. The number of aliphatic carboxylic acids is 1. The minimum atomic E-state index is -0.794. The van der Waals surface area contributed by atoms with E-state index < -0.39 is 5.97 Å². The Bertz CT molecular complexity index is 612. The van der Waals surface area contributed by atoms with Crippen molar-refractivity contribution in [3.05, 3.63) is 41.5 Å².